The molecule has 0 N–H and O–H groups in total. The van der Waals surface area contributed by atoms with Crippen molar-refractivity contribution in [1.29, 1.82) is 0 Å². The zero-order valence-electron chi connectivity index (χ0n) is 14.1. The second-order valence-corrected chi connectivity index (χ2v) is 6.02. The Morgan fingerprint density at radius 1 is 1.25 bits per heavy atom. The highest BCUT2D eigenvalue weighted by Crippen LogP contribution is 2.18. The Labute approximate surface area is 141 Å². The van der Waals surface area contributed by atoms with Crippen molar-refractivity contribution >= 4 is 5.91 Å². The SMILES string of the molecule is Cc1cccnc1C(=O)N1CCOCC1CCc1nccnc1C. The molecule has 3 heterocycles. The van der Waals surface area contributed by atoms with E-state index in [1.54, 1.807) is 18.6 Å². The molecule has 1 unspecified atom stereocenters. The predicted octanol–water partition coefficient (Wildman–Crippen LogP) is 1.96. The number of carbonyl (C=O) groups excluding carboxylic acids is 1. The predicted molar refractivity (Wildman–Crippen MR) is 89.7 cm³/mol. The van der Waals surface area contributed by atoms with Crippen LogP contribution >= 0.6 is 0 Å². The lowest BCUT2D eigenvalue weighted by Gasteiger charge is -2.35. The van der Waals surface area contributed by atoms with Gasteiger partial charge in [0.1, 0.15) is 5.69 Å². The summed E-state index contributed by atoms with van der Waals surface area (Å²) >= 11 is 0. The van der Waals surface area contributed by atoms with Crippen LogP contribution < -0.4 is 0 Å². The summed E-state index contributed by atoms with van der Waals surface area (Å²) in [6.45, 7) is 5.59. The molecule has 1 amide bonds. The van der Waals surface area contributed by atoms with Crippen molar-refractivity contribution in [2.45, 2.75) is 32.7 Å². The molecule has 0 bridgehead atoms. The summed E-state index contributed by atoms with van der Waals surface area (Å²) < 4.78 is 5.60. The maximum absolute atomic E-state index is 12.9. The van der Waals surface area contributed by atoms with Crippen LogP contribution in [0.25, 0.3) is 0 Å². The van der Waals surface area contributed by atoms with Gasteiger partial charge < -0.3 is 9.64 Å². The number of nitrogens with zero attached hydrogens (tertiary/aromatic N) is 4. The lowest BCUT2D eigenvalue weighted by molar-refractivity contribution is -0.00448. The van der Waals surface area contributed by atoms with Crippen LogP contribution in [0.15, 0.2) is 30.7 Å². The molecule has 3 rings (SSSR count). The van der Waals surface area contributed by atoms with Gasteiger partial charge in [0.25, 0.3) is 5.91 Å². The van der Waals surface area contributed by atoms with Gasteiger partial charge in [-0.1, -0.05) is 6.07 Å². The molecule has 1 aliphatic rings. The highest BCUT2D eigenvalue weighted by Gasteiger charge is 2.29. The van der Waals surface area contributed by atoms with Crippen LogP contribution in [0.3, 0.4) is 0 Å². The van der Waals surface area contributed by atoms with Crippen molar-refractivity contribution in [2.75, 3.05) is 19.8 Å². The number of hydrogen-bond acceptors (Lipinski definition) is 5. The average Bonchev–Trinajstić information content (AvgIpc) is 2.61. The van der Waals surface area contributed by atoms with Gasteiger partial charge in [-0.2, -0.15) is 0 Å². The third kappa shape index (κ3) is 3.59. The summed E-state index contributed by atoms with van der Waals surface area (Å²) in [6.07, 6.45) is 6.65. The van der Waals surface area contributed by atoms with E-state index in [-0.39, 0.29) is 11.9 Å². The molecular formula is C18H22N4O2. The largest absolute Gasteiger partial charge is 0.377 e. The molecule has 0 saturated carbocycles. The molecule has 126 valence electrons. The van der Waals surface area contributed by atoms with Crippen molar-refractivity contribution in [1.82, 2.24) is 19.9 Å². The first-order valence-corrected chi connectivity index (χ1v) is 8.23. The second kappa shape index (κ2) is 7.49. The van der Waals surface area contributed by atoms with Gasteiger partial charge in [-0.05, 0) is 38.3 Å². The van der Waals surface area contributed by atoms with Gasteiger partial charge in [0.15, 0.2) is 0 Å². The van der Waals surface area contributed by atoms with Crippen LogP contribution in [0.4, 0.5) is 0 Å². The summed E-state index contributed by atoms with van der Waals surface area (Å²) in [7, 11) is 0. The first kappa shape index (κ1) is 16.5. The zero-order chi connectivity index (χ0) is 16.9. The Hall–Kier alpha value is -2.34. The summed E-state index contributed by atoms with van der Waals surface area (Å²) in [6, 6.07) is 3.80. The topological polar surface area (TPSA) is 68.2 Å². The Morgan fingerprint density at radius 2 is 2.08 bits per heavy atom. The van der Waals surface area contributed by atoms with E-state index >= 15 is 0 Å². The molecular weight excluding hydrogens is 304 g/mol. The molecule has 0 radical (unpaired) electrons. The quantitative estimate of drug-likeness (QED) is 0.859. The number of amides is 1. The third-order valence-corrected chi connectivity index (χ3v) is 4.40. The number of ether oxygens (including phenoxy) is 1. The monoisotopic (exact) mass is 326 g/mol. The van der Waals surface area contributed by atoms with Crippen molar-refractivity contribution < 1.29 is 9.53 Å². The van der Waals surface area contributed by atoms with Crippen LogP contribution in [0.1, 0.15) is 33.9 Å². The van der Waals surface area contributed by atoms with E-state index in [2.05, 4.69) is 15.0 Å². The Balaban J connectivity index is 1.73. The van der Waals surface area contributed by atoms with E-state index in [0.29, 0.717) is 25.5 Å². The minimum Gasteiger partial charge on any atom is -0.377 e. The summed E-state index contributed by atoms with van der Waals surface area (Å²) in [4.78, 5) is 27.7. The smallest absolute Gasteiger partial charge is 0.273 e. The normalized spacial score (nSPS) is 17.8. The van der Waals surface area contributed by atoms with E-state index in [1.165, 1.54) is 0 Å². The first-order valence-electron chi connectivity index (χ1n) is 8.23. The van der Waals surface area contributed by atoms with Crippen molar-refractivity contribution in [2.24, 2.45) is 0 Å². The molecule has 1 saturated heterocycles. The number of hydrogen-bond donors (Lipinski definition) is 0. The Bertz CT molecular complexity index is 720. The number of morpholine rings is 1. The molecule has 6 nitrogen and oxygen atoms in total. The van der Waals surface area contributed by atoms with Gasteiger partial charge in [-0.3, -0.25) is 19.7 Å². The van der Waals surface area contributed by atoms with Gasteiger partial charge in [0.2, 0.25) is 0 Å². The molecule has 24 heavy (non-hydrogen) atoms. The maximum Gasteiger partial charge on any atom is 0.273 e. The molecule has 6 heteroatoms. The standard InChI is InChI=1S/C18H22N4O2/c1-13-4-3-7-21-17(13)18(23)22-10-11-24-12-15(22)5-6-16-14(2)19-8-9-20-16/h3-4,7-9,15H,5-6,10-12H2,1-2H3. The fourth-order valence-corrected chi connectivity index (χ4v) is 2.99. The van der Waals surface area contributed by atoms with Gasteiger partial charge >= 0.3 is 0 Å². The van der Waals surface area contributed by atoms with Crippen LogP contribution in [0.2, 0.25) is 0 Å². The lowest BCUT2D eigenvalue weighted by atomic mass is 10.0. The Kier molecular flexibility index (Phi) is 5.15. The Morgan fingerprint density at radius 3 is 2.88 bits per heavy atom. The van der Waals surface area contributed by atoms with Crippen molar-refractivity contribution in [3.8, 4) is 0 Å². The molecule has 0 spiro atoms. The minimum absolute atomic E-state index is 0.0164. The fourth-order valence-electron chi connectivity index (χ4n) is 2.99. The first-order chi connectivity index (χ1) is 11.7. The fraction of sp³-hybridized carbons (Fsp3) is 0.444. The molecule has 2 aromatic heterocycles. The average molecular weight is 326 g/mol. The third-order valence-electron chi connectivity index (χ3n) is 4.40. The van der Waals surface area contributed by atoms with E-state index in [0.717, 1.165) is 29.8 Å². The lowest BCUT2D eigenvalue weighted by Crippen LogP contribution is -2.49. The second-order valence-electron chi connectivity index (χ2n) is 6.02. The number of rotatable bonds is 4. The summed E-state index contributed by atoms with van der Waals surface area (Å²) in [5, 5.41) is 0. The molecule has 0 aliphatic carbocycles. The number of aryl methyl sites for hydroxylation is 3. The molecule has 1 aliphatic heterocycles. The molecule has 1 atom stereocenters. The van der Waals surface area contributed by atoms with E-state index in [4.69, 9.17) is 4.74 Å². The number of aromatic nitrogens is 3. The summed E-state index contributed by atoms with van der Waals surface area (Å²) in [5.74, 6) is -0.0164. The van der Waals surface area contributed by atoms with Crippen molar-refractivity contribution in [3.63, 3.8) is 0 Å². The number of carbonyl (C=O) groups is 1. The zero-order valence-corrected chi connectivity index (χ0v) is 14.1. The summed E-state index contributed by atoms with van der Waals surface area (Å²) in [5.41, 5.74) is 3.34. The van der Waals surface area contributed by atoms with Gasteiger partial charge in [-0.25, -0.2) is 0 Å². The van der Waals surface area contributed by atoms with Crippen molar-refractivity contribution in [3.05, 3.63) is 53.4 Å². The highest BCUT2D eigenvalue weighted by atomic mass is 16.5. The molecule has 0 aromatic carbocycles. The van der Waals surface area contributed by atoms with E-state index < -0.39 is 0 Å². The van der Waals surface area contributed by atoms with Crippen LogP contribution in [0, 0.1) is 13.8 Å². The minimum atomic E-state index is -0.0164. The van der Waals surface area contributed by atoms with Gasteiger partial charge in [-0.15, -0.1) is 0 Å². The van der Waals surface area contributed by atoms with Gasteiger partial charge in [0.05, 0.1) is 30.6 Å². The molecule has 1 fully saturated rings. The molecule has 2 aromatic rings. The number of pyridine rings is 1. The van der Waals surface area contributed by atoms with Crippen LogP contribution in [-0.4, -0.2) is 51.6 Å². The van der Waals surface area contributed by atoms with E-state index in [9.17, 15) is 4.79 Å². The van der Waals surface area contributed by atoms with E-state index in [1.807, 2.05) is 30.9 Å². The van der Waals surface area contributed by atoms with Crippen LogP contribution in [-0.2, 0) is 11.2 Å². The van der Waals surface area contributed by atoms with Gasteiger partial charge in [0, 0.05) is 25.1 Å². The van der Waals surface area contributed by atoms with Crippen LogP contribution in [0.5, 0.6) is 0 Å². The highest BCUT2D eigenvalue weighted by molar-refractivity contribution is 5.93. The maximum atomic E-state index is 12.9.